The number of rotatable bonds is 2. The Morgan fingerprint density at radius 1 is 1.14 bits per heavy atom. The van der Waals surface area contributed by atoms with E-state index in [0.29, 0.717) is 12.3 Å². The van der Waals surface area contributed by atoms with E-state index in [1.54, 1.807) is 0 Å². The fourth-order valence-corrected chi connectivity index (χ4v) is 1.43. The van der Waals surface area contributed by atoms with Crippen molar-refractivity contribution in [3.05, 3.63) is 0 Å². The molecule has 14 heavy (non-hydrogen) atoms. The molecule has 0 aromatic heterocycles. The Morgan fingerprint density at radius 2 is 1.64 bits per heavy atom. The minimum Gasteiger partial charge on any atom is -0.340 e. The van der Waals surface area contributed by atoms with E-state index in [4.69, 9.17) is 0 Å². The Labute approximate surface area is 88.1 Å². The number of likely N-dealkylation sites (N-methyl/N-ethyl adjacent to an activating group) is 1. The maximum Gasteiger partial charge on any atom is 0.222 e. The second-order valence-corrected chi connectivity index (χ2v) is 3.43. The Balaban J connectivity index is 0.000000791. The number of nitrogens with zero attached hydrogens (tertiary/aromatic N) is 2. The minimum absolute atomic E-state index is 0.325. The van der Waals surface area contributed by atoms with E-state index in [9.17, 15) is 4.79 Å². The van der Waals surface area contributed by atoms with Gasteiger partial charge in [-0.15, -0.1) is 0 Å². The largest absolute Gasteiger partial charge is 0.340 e. The SMILES string of the molecule is CC.CCCC(=O)N1CCN(C)CC1. The fraction of sp³-hybridized carbons (Fsp3) is 0.909. The molecule has 0 atom stereocenters. The van der Waals surface area contributed by atoms with Gasteiger partial charge in [0.05, 0.1) is 0 Å². The molecule has 0 aromatic carbocycles. The van der Waals surface area contributed by atoms with Crippen LogP contribution in [0.15, 0.2) is 0 Å². The van der Waals surface area contributed by atoms with Crippen LogP contribution in [0.2, 0.25) is 0 Å². The zero-order valence-electron chi connectivity index (χ0n) is 10.0. The number of amides is 1. The number of carbonyl (C=O) groups excluding carboxylic acids is 1. The predicted molar refractivity (Wildman–Crippen MR) is 60.3 cm³/mol. The van der Waals surface area contributed by atoms with Crippen LogP contribution in [-0.4, -0.2) is 48.9 Å². The van der Waals surface area contributed by atoms with Gasteiger partial charge in [-0.3, -0.25) is 4.79 Å². The Kier molecular flexibility index (Phi) is 7.48. The molecule has 1 fully saturated rings. The van der Waals surface area contributed by atoms with Gasteiger partial charge in [-0.2, -0.15) is 0 Å². The van der Waals surface area contributed by atoms with Crippen molar-refractivity contribution >= 4 is 5.91 Å². The molecule has 0 bridgehead atoms. The van der Waals surface area contributed by atoms with Gasteiger partial charge in [0.1, 0.15) is 0 Å². The molecule has 3 heteroatoms. The monoisotopic (exact) mass is 200 g/mol. The highest BCUT2D eigenvalue weighted by atomic mass is 16.2. The maximum atomic E-state index is 11.4. The molecule has 3 nitrogen and oxygen atoms in total. The van der Waals surface area contributed by atoms with Gasteiger partial charge in [-0.25, -0.2) is 0 Å². The van der Waals surface area contributed by atoms with Crippen molar-refractivity contribution in [3.63, 3.8) is 0 Å². The van der Waals surface area contributed by atoms with Gasteiger partial charge in [0, 0.05) is 32.6 Å². The molecule has 0 aromatic rings. The average molecular weight is 200 g/mol. The second kappa shape index (κ2) is 7.80. The zero-order chi connectivity index (χ0) is 11.0. The lowest BCUT2D eigenvalue weighted by molar-refractivity contribution is -0.132. The van der Waals surface area contributed by atoms with Gasteiger partial charge in [-0.05, 0) is 13.5 Å². The Hall–Kier alpha value is -0.570. The molecule has 1 aliphatic rings. The van der Waals surface area contributed by atoms with Crippen molar-refractivity contribution in [1.29, 1.82) is 0 Å². The summed E-state index contributed by atoms with van der Waals surface area (Å²) in [6.07, 6.45) is 1.68. The van der Waals surface area contributed by atoms with Crippen LogP contribution in [-0.2, 0) is 4.79 Å². The lowest BCUT2D eigenvalue weighted by atomic mass is 10.2. The van der Waals surface area contributed by atoms with E-state index in [1.807, 2.05) is 25.7 Å². The summed E-state index contributed by atoms with van der Waals surface area (Å²) < 4.78 is 0. The van der Waals surface area contributed by atoms with E-state index in [2.05, 4.69) is 11.9 Å². The first kappa shape index (κ1) is 13.4. The first-order valence-electron chi connectivity index (χ1n) is 5.70. The summed E-state index contributed by atoms with van der Waals surface area (Å²) >= 11 is 0. The number of hydrogen-bond donors (Lipinski definition) is 0. The van der Waals surface area contributed by atoms with Crippen LogP contribution in [0.5, 0.6) is 0 Å². The lowest BCUT2D eigenvalue weighted by Crippen LogP contribution is -2.47. The summed E-state index contributed by atoms with van der Waals surface area (Å²) in [5.74, 6) is 0.325. The van der Waals surface area contributed by atoms with Gasteiger partial charge >= 0.3 is 0 Å². The summed E-state index contributed by atoms with van der Waals surface area (Å²) in [6, 6.07) is 0. The molecule has 0 unspecified atom stereocenters. The topological polar surface area (TPSA) is 23.6 Å². The van der Waals surface area contributed by atoms with Gasteiger partial charge < -0.3 is 9.80 Å². The van der Waals surface area contributed by atoms with Crippen LogP contribution in [0.1, 0.15) is 33.6 Å². The quantitative estimate of drug-likeness (QED) is 0.676. The number of carbonyl (C=O) groups is 1. The van der Waals surface area contributed by atoms with Crippen LogP contribution in [0.25, 0.3) is 0 Å². The number of hydrogen-bond acceptors (Lipinski definition) is 2. The highest BCUT2D eigenvalue weighted by Gasteiger charge is 2.17. The maximum absolute atomic E-state index is 11.4. The molecule has 84 valence electrons. The molecule has 1 saturated heterocycles. The third-order valence-electron chi connectivity index (χ3n) is 2.32. The molecule has 0 saturated carbocycles. The Bertz CT molecular complexity index is 151. The standard InChI is InChI=1S/C9H18N2O.C2H6/c1-3-4-9(12)11-7-5-10(2)6-8-11;1-2/h3-8H2,1-2H3;1-2H3. The van der Waals surface area contributed by atoms with Crippen LogP contribution in [0.3, 0.4) is 0 Å². The van der Waals surface area contributed by atoms with Crippen molar-refractivity contribution in [1.82, 2.24) is 9.80 Å². The highest BCUT2D eigenvalue weighted by molar-refractivity contribution is 5.76. The van der Waals surface area contributed by atoms with Crippen LogP contribution in [0, 0.1) is 0 Å². The third kappa shape index (κ3) is 4.61. The van der Waals surface area contributed by atoms with E-state index in [1.165, 1.54) is 0 Å². The van der Waals surface area contributed by atoms with Gasteiger partial charge in [0.2, 0.25) is 5.91 Å². The molecule has 0 aliphatic carbocycles. The van der Waals surface area contributed by atoms with Crippen molar-refractivity contribution in [2.75, 3.05) is 33.2 Å². The third-order valence-corrected chi connectivity index (χ3v) is 2.32. The first-order valence-corrected chi connectivity index (χ1v) is 5.70. The van der Waals surface area contributed by atoms with Crippen molar-refractivity contribution in [2.24, 2.45) is 0 Å². The van der Waals surface area contributed by atoms with E-state index in [0.717, 1.165) is 32.6 Å². The Morgan fingerprint density at radius 3 is 2.07 bits per heavy atom. The molecule has 1 amide bonds. The fourth-order valence-electron chi connectivity index (χ4n) is 1.43. The summed E-state index contributed by atoms with van der Waals surface area (Å²) in [4.78, 5) is 15.6. The van der Waals surface area contributed by atoms with Crippen molar-refractivity contribution < 1.29 is 4.79 Å². The smallest absolute Gasteiger partial charge is 0.222 e. The molecule has 0 radical (unpaired) electrons. The van der Waals surface area contributed by atoms with Crippen molar-refractivity contribution in [2.45, 2.75) is 33.6 Å². The molecule has 1 rings (SSSR count). The van der Waals surface area contributed by atoms with Crippen molar-refractivity contribution in [3.8, 4) is 0 Å². The molecular formula is C11H24N2O. The average Bonchev–Trinajstić information content (AvgIpc) is 2.22. The van der Waals surface area contributed by atoms with Gasteiger partial charge in [0.15, 0.2) is 0 Å². The lowest BCUT2D eigenvalue weighted by Gasteiger charge is -2.32. The predicted octanol–water partition coefficient (Wildman–Crippen LogP) is 1.59. The van der Waals surface area contributed by atoms with E-state index >= 15 is 0 Å². The highest BCUT2D eigenvalue weighted by Crippen LogP contribution is 2.02. The molecule has 1 heterocycles. The molecular weight excluding hydrogens is 176 g/mol. The summed E-state index contributed by atoms with van der Waals surface area (Å²) in [6.45, 7) is 9.92. The van der Waals surface area contributed by atoms with Crippen LogP contribution < -0.4 is 0 Å². The summed E-state index contributed by atoms with van der Waals surface area (Å²) in [5.41, 5.74) is 0. The van der Waals surface area contributed by atoms with Crippen LogP contribution in [0.4, 0.5) is 0 Å². The summed E-state index contributed by atoms with van der Waals surface area (Å²) in [5, 5.41) is 0. The zero-order valence-corrected chi connectivity index (χ0v) is 10.0. The molecule has 0 N–H and O–H groups in total. The second-order valence-electron chi connectivity index (χ2n) is 3.43. The first-order chi connectivity index (χ1) is 6.74. The normalized spacial score (nSPS) is 17.3. The van der Waals surface area contributed by atoms with Gasteiger partial charge in [-0.1, -0.05) is 20.8 Å². The molecule has 0 spiro atoms. The summed E-state index contributed by atoms with van der Waals surface area (Å²) in [7, 11) is 2.10. The minimum atomic E-state index is 0.325. The van der Waals surface area contributed by atoms with E-state index in [-0.39, 0.29) is 0 Å². The number of piperazine rings is 1. The molecule has 1 aliphatic heterocycles. The van der Waals surface area contributed by atoms with Gasteiger partial charge in [0.25, 0.3) is 0 Å². The van der Waals surface area contributed by atoms with E-state index < -0.39 is 0 Å². The van der Waals surface area contributed by atoms with Crippen LogP contribution >= 0.6 is 0 Å².